The molecule has 0 rings (SSSR count). The molecule has 0 aromatic carbocycles. The van der Waals surface area contributed by atoms with Crippen LogP contribution in [0.5, 0.6) is 0 Å². The van der Waals surface area contributed by atoms with Crippen LogP contribution in [0.3, 0.4) is 0 Å². The minimum Gasteiger partial charge on any atom is -0.435 e. The number of rotatable bonds is 19. The summed E-state index contributed by atoms with van der Waals surface area (Å²) in [6.07, 6.45) is 1.08. The highest BCUT2D eigenvalue weighted by Crippen LogP contribution is 1.85. The van der Waals surface area contributed by atoms with Crippen LogP contribution in [0.1, 0.15) is 6.92 Å². The monoisotopic (exact) mass is 350 g/mol. The molecule has 0 spiro atoms. The smallest absolute Gasteiger partial charge is 0.332 e. The SMILES string of the molecule is C=CC(=O)OCOCCOCCOCCOCCOCCOCC. The summed E-state index contributed by atoms with van der Waals surface area (Å²) < 4.78 is 36.0. The zero-order chi connectivity index (χ0) is 17.7. The van der Waals surface area contributed by atoms with Crippen LogP contribution in [-0.4, -0.2) is 85.4 Å². The second-order valence-electron chi connectivity index (χ2n) is 4.34. The Labute approximate surface area is 143 Å². The Morgan fingerprint density at radius 3 is 1.46 bits per heavy atom. The average molecular weight is 350 g/mol. The van der Waals surface area contributed by atoms with E-state index in [9.17, 15) is 4.79 Å². The number of esters is 1. The molecule has 0 unspecified atom stereocenters. The minimum absolute atomic E-state index is 0.0998. The molecule has 24 heavy (non-hydrogen) atoms. The fourth-order valence-electron chi connectivity index (χ4n) is 1.36. The maximum absolute atomic E-state index is 10.7. The molecular formula is C16H30O8. The van der Waals surface area contributed by atoms with Gasteiger partial charge in [-0.25, -0.2) is 4.79 Å². The molecule has 0 heterocycles. The van der Waals surface area contributed by atoms with E-state index in [2.05, 4.69) is 11.3 Å². The van der Waals surface area contributed by atoms with Crippen LogP contribution in [0.4, 0.5) is 0 Å². The molecule has 8 heteroatoms. The van der Waals surface area contributed by atoms with E-state index >= 15 is 0 Å². The Morgan fingerprint density at radius 2 is 1.08 bits per heavy atom. The first-order valence-corrected chi connectivity index (χ1v) is 8.07. The summed E-state index contributed by atoms with van der Waals surface area (Å²) in [5.41, 5.74) is 0. The zero-order valence-corrected chi connectivity index (χ0v) is 14.5. The third kappa shape index (κ3) is 19.0. The Balaban J connectivity index is 3.00. The molecule has 142 valence electrons. The fraction of sp³-hybridized carbons (Fsp3) is 0.812. The maximum Gasteiger partial charge on any atom is 0.332 e. The largest absolute Gasteiger partial charge is 0.435 e. The van der Waals surface area contributed by atoms with Gasteiger partial charge in [0.25, 0.3) is 0 Å². The number of ether oxygens (including phenoxy) is 7. The van der Waals surface area contributed by atoms with E-state index in [-0.39, 0.29) is 6.79 Å². The van der Waals surface area contributed by atoms with Gasteiger partial charge in [-0.15, -0.1) is 0 Å². The van der Waals surface area contributed by atoms with Crippen LogP contribution in [-0.2, 0) is 38.0 Å². The van der Waals surface area contributed by atoms with E-state index in [1.54, 1.807) is 0 Å². The van der Waals surface area contributed by atoms with Crippen LogP contribution in [0.25, 0.3) is 0 Å². The van der Waals surface area contributed by atoms with Crippen LogP contribution in [0.2, 0.25) is 0 Å². The van der Waals surface area contributed by atoms with Gasteiger partial charge in [0.2, 0.25) is 0 Å². The summed E-state index contributed by atoms with van der Waals surface area (Å²) in [6.45, 7) is 10.9. The van der Waals surface area contributed by atoms with Crippen LogP contribution in [0.15, 0.2) is 12.7 Å². The summed E-state index contributed by atoms with van der Waals surface area (Å²) >= 11 is 0. The van der Waals surface area contributed by atoms with Gasteiger partial charge >= 0.3 is 5.97 Å². The minimum atomic E-state index is -0.511. The Hall–Kier alpha value is -1.03. The Morgan fingerprint density at radius 1 is 0.708 bits per heavy atom. The predicted molar refractivity (Wildman–Crippen MR) is 86.9 cm³/mol. The number of carbonyl (C=O) groups excluding carboxylic acids is 1. The van der Waals surface area contributed by atoms with Crippen LogP contribution < -0.4 is 0 Å². The second-order valence-corrected chi connectivity index (χ2v) is 4.34. The molecule has 0 aromatic rings. The van der Waals surface area contributed by atoms with Crippen molar-refractivity contribution in [1.29, 1.82) is 0 Å². The van der Waals surface area contributed by atoms with Crippen molar-refractivity contribution < 1.29 is 38.0 Å². The first-order valence-electron chi connectivity index (χ1n) is 8.07. The molecule has 0 aliphatic heterocycles. The highest BCUT2D eigenvalue weighted by Gasteiger charge is 1.95. The fourth-order valence-corrected chi connectivity index (χ4v) is 1.36. The predicted octanol–water partition coefficient (Wildman–Crippen LogP) is 0.793. The summed E-state index contributed by atoms with van der Waals surface area (Å²) in [6, 6.07) is 0. The summed E-state index contributed by atoms with van der Waals surface area (Å²) in [7, 11) is 0. The lowest BCUT2D eigenvalue weighted by molar-refractivity contribution is -0.151. The quantitative estimate of drug-likeness (QED) is 0.146. The van der Waals surface area contributed by atoms with Crippen molar-refractivity contribution in [2.75, 3.05) is 79.5 Å². The molecule has 0 aliphatic carbocycles. The lowest BCUT2D eigenvalue weighted by Gasteiger charge is -2.08. The van der Waals surface area contributed by atoms with Gasteiger partial charge in [0.1, 0.15) is 0 Å². The van der Waals surface area contributed by atoms with Crippen LogP contribution in [0, 0.1) is 0 Å². The van der Waals surface area contributed by atoms with E-state index in [1.165, 1.54) is 0 Å². The molecule has 0 saturated carbocycles. The van der Waals surface area contributed by atoms with Gasteiger partial charge in [0.05, 0.1) is 66.1 Å². The third-order valence-corrected chi connectivity index (χ3v) is 2.52. The van der Waals surface area contributed by atoms with Gasteiger partial charge in [-0.3, -0.25) is 0 Å². The number of hydrogen-bond acceptors (Lipinski definition) is 8. The van der Waals surface area contributed by atoms with Crippen molar-refractivity contribution in [3.8, 4) is 0 Å². The first-order chi connectivity index (χ1) is 11.8. The summed E-state index contributed by atoms with van der Waals surface area (Å²) in [5.74, 6) is -0.511. The first kappa shape index (κ1) is 23.0. The molecule has 0 saturated heterocycles. The topological polar surface area (TPSA) is 81.7 Å². The molecule has 0 atom stereocenters. The molecule has 0 amide bonds. The normalized spacial score (nSPS) is 10.7. The van der Waals surface area contributed by atoms with Crippen LogP contribution >= 0.6 is 0 Å². The number of hydrogen-bond donors (Lipinski definition) is 0. The third-order valence-electron chi connectivity index (χ3n) is 2.52. The average Bonchev–Trinajstić information content (AvgIpc) is 2.60. The summed E-state index contributed by atoms with van der Waals surface area (Å²) in [4.78, 5) is 10.7. The Kier molecular flexibility index (Phi) is 19.2. The van der Waals surface area contributed by atoms with Gasteiger partial charge in [-0.2, -0.15) is 0 Å². The maximum atomic E-state index is 10.7. The molecule has 0 aromatic heterocycles. The van der Waals surface area contributed by atoms with Gasteiger partial charge in [0.15, 0.2) is 6.79 Å². The van der Waals surface area contributed by atoms with Crippen molar-refractivity contribution >= 4 is 5.97 Å². The summed E-state index contributed by atoms with van der Waals surface area (Å²) in [5, 5.41) is 0. The van der Waals surface area contributed by atoms with E-state index in [0.717, 1.165) is 6.08 Å². The van der Waals surface area contributed by atoms with Crippen molar-refractivity contribution in [3.05, 3.63) is 12.7 Å². The molecule has 0 radical (unpaired) electrons. The second kappa shape index (κ2) is 20.0. The lowest BCUT2D eigenvalue weighted by Crippen LogP contribution is -2.14. The van der Waals surface area contributed by atoms with E-state index in [4.69, 9.17) is 28.4 Å². The standard InChI is InChI=1S/C16H30O8/c1-3-16(17)24-15-23-14-13-22-12-11-21-10-9-20-8-7-19-6-5-18-4-2/h3H,1,4-15H2,2H3. The number of carbonyl (C=O) groups is 1. The van der Waals surface area contributed by atoms with Crippen molar-refractivity contribution in [2.45, 2.75) is 6.92 Å². The molecule has 0 fully saturated rings. The van der Waals surface area contributed by atoms with E-state index in [1.807, 2.05) is 6.92 Å². The molecule has 8 nitrogen and oxygen atoms in total. The highest BCUT2D eigenvalue weighted by atomic mass is 16.7. The molecule has 0 N–H and O–H groups in total. The molecule has 0 bridgehead atoms. The zero-order valence-electron chi connectivity index (χ0n) is 14.5. The molecular weight excluding hydrogens is 320 g/mol. The van der Waals surface area contributed by atoms with E-state index < -0.39 is 5.97 Å². The van der Waals surface area contributed by atoms with Crippen molar-refractivity contribution in [1.82, 2.24) is 0 Å². The van der Waals surface area contributed by atoms with Gasteiger partial charge in [-0.05, 0) is 6.92 Å². The van der Waals surface area contributed by atoms with Gasteiger partial charge in [-0.1, -0.05) is 6.58 Å². The van der Waals surface area contributed by atoms with Gasteiger partial charge in [0, 0.05) is 12.7 Å². The van der Waals surface area contributed by atoms with Crippen molar-refractivity contribution in [3.63, 3.8) is 0 Å². The van der Waals surface area contributed by atoms with Crippen molar-refractivity contribution in [2.24, 2.45) is 0 Å². The van der Waals surface area contributed by atoms with Gasteiger partial charge < -0.3 is 33.2 Å². The van der Waals surface area contributed by atoms with E-state index in [0.29, 0.717) is 72.7 Å². The Bertz CT molecular complexity index is 285. The highest BCUT2D eigenvalue weighted by molar-refractivity contribution is 5.81. The molecule has 0 aliphatic rings. The lowest BCUT2D eigenvalue weighted by atomic mass is 10.7.